The Morgan fingerprint density at radius 2 is 1.43 bits per heavy atom. The lowest BCUT2D eigenvalue weighted by atomic mass is 10.2. The van der Waals surface area contributed by atoms with Crippen molar-refractivity contribution in [3.05, 3.63) is 150 Å². The minimum Gasteiger partial charge on any atom is -0.457 e. The molecule has 0 aliphatic rings. The van der Waals surface area contributed by atoms with Gasteiger partial charge < -0.3 is 10.1 Å². The molecule has 1 N–H and O–H groups in total. The number of ether oxygens (including phenoxy) is 1. The zero-order valence-corrected chi connectivity index (χ0v) is 21.3. The summed E-state index contributed by atoms with van der Waals surface area (Å²) in [4.78, 5) is 30.6. The van der Waals surface area contributed by atoms with Gasteiger partial charge in [-0.25, -0.2) is 4.79 Å². The Labute approximate surface area is 230 Å². The number of hydrogen-bond acceptors (Lipinski definition) is 4. The second-order valence-corrected chi connectivity index (χ2v) is 9.01. The van der Waals surface area contributed by atoms with E-state index in [1.807, 2.05) is 91.0 Å². The minimum atomic E-state index is -0.266. The molecule has 0 aliphatic heterocycles. The molecule has 0 saturated heterocycles. The summed E-state index contributed by atoms with van der Waals surface area (Å²) in [6, 6.07) is 35.4. The van der Waals surface area contributed by atoms with Gasteiger partial charge in [0.05, 0.1) is 28.6 Å². The highest BCUT2D eigenvalue weighted by Crippen LogP contribution is 2.25. The van der Waals surface area contributed by atoms with E-state index in [1.165, 1.54) is 6.08 Å². The van der Waals surface area contributed by atoms with Crippen LogP contribution in [0.25, 0.3) is 28.5 Å². The Hall–Kier alpha value is -5.69. The lowest BCUT2D eigenvalue weighted by Gasteiger charge is -2.08. The Morgan fingerprint density at radius 3 is 2.20 bits per heavy atom. The van der Waals surface area contributed by atoms with Crippen molar-refractivity contribution < 1.29 is 9.53 Å². The molecule has 2 aromatic heterocycles. The number of imidazole rings is 1. The molecule has 0 aliphatic carbocycles. The molecule has 1 amide bonds. The third-order valence-electron chi connectivity index (χ3n) is 6.31. The monoisotopic (exact) mass is 524 g/mol. The summed E-state index contributed by atoms with van der Waals surface area (Å²) in [7, 11) is 0. The number of fused-ring (bicyclic) bond motifs is 1. The van der Waals surface area contributed by atoms with Crippen molar-refractivity contribution in [2.45, 2.75) is 0 Å². The molecule has 6 aromatic rings. The minimum absolute atomic E-state index is 0.257. The highest BCUT2D eigenvalue weighted by atomic mass is 16.5. The second-order valence-electron chi connectivity index (χ2n) is 9.01. The summed E-state index contributed by atoms with van der Waals surface area (Å²) >= 11 is 0. The van der Waals surface area contributed by atoms with Crippen molar-refractivity contribution in [3.63, 3.8) is 0 Å². The Bertz CT molecular complexity index is 1870. The fourth-order valence-corrected chi connectivity index (χ4v) is 4.48. The molecule has 0 atom stereocenters. The number of rotatable bonds is 7. The molecule has 0 saturated carbocycles. The topological polar surface area (TPSA) is 78.2 Å². The average Bonchev–Trinajstić information content (AvgIpc) is 3.29. The molecule has 4 aromatic carbocycles. The molecule has 6 rings (SSSR count). The molecular weight excluding hydrogens is 500 g/mol. The Balaban J connectivity index is 1.31. The fourth-order valence-electron chi connectivity index (χ4n) is 4.48. The van der Waals surface area contributed by atoms with Crippen LogP contribution in [0, 0.1) is 0 Å². The van der Waals surface area contributed by atoms with Crippen LogP contribution in [-0.2, 0) is 4.79 Å². The fraction of sp³-hybridized carbons (Fsp3) is 0. The van der Waals surface area contributed by atoms with E-state index in [1.54, 1.807) is 51.9 Å². The van der Waals surface area contributed by atoms with E-state index in [0.717, 1.165) is 11.3 Å². The van der Waals surface area contributed by atoms with Gasteiger partial charge in [-0.2, -0.15) is 0 Å². The van der Waals surface area contributed by atoms with Crippen LogP contribution in [0.5, 0.6) is 11.5 Å². The van der Waals surface area contributed by atoms with Gasteiger partial charge in [0.1, 0.15) is 11.5 Å². The zero-order chi connectivity index (χ0) is 27.3. The summed E-state index contributed by atoms with van der Waals surface area (Å²) in [5, 5.41) is 2.88. The number of aromatic nitrogens is 3. The molecule has 7 nitrogen and oxygen atoms in total. The first-order valence-electron chi connectivity index (χ1n) is 12.7. The van der Waals surface area contributed by atoms with Crippen LogP contribution < -0.4 is 15.7 Å². The van der Waals surface area contributed by atoms with Crippen LogP contribution in [0.1, 0.15) is 5.56 Å². The number of benzene rings is 4. The maximum atomic E-state index is 13.8. The van der Waals surface area contributed by atoms with Crippen LogP contribution >= 0.6 is 0 Å². The Morgan fingerprint density at radius 1 is 0.725 bits per heavy atom. The van der Waals surface area contributed by atoms with Gasteiger partial charge in [-0.1, -0.05) is 54.6 Å². The number of anilines is 1. The normalized spacial score (nSPS) is 11.1. The lowest BCUT2D eigenvalue weighted by Crippen LogP contribution is -2.22. The third-order valence-corrected chi connectivity index (χ3v) is 6.31. The maximum absolute atomic E-state index is 13.8. The van der Waals surface area contributed by atoms with Crippen molar-refractivity contribution in [1.82, 2.24) is 14.1 Å². The summed E-state index contributed by atoms with van der Waals surface area (Å²) in [6.45, 7) is 0. The number of carbonyl (C=O) groups is 1. The highest BCUT2D eigenvalue weighted by Gasteiger charge is 2.17. The summed E-state index contributed by atoms with van der Waals surface area (Å²) in [5.41, 5.74) is 3.89. The van der Waals surface area contributed by atoms with Gasteiger partial charge in [0.2, 0.25) is 5.91 Å². The first kappa shape index (κ1) is 24.6. The van der Waals surface area contributed by atoms with Gasteiger partial charge in [0, 0.05) is 18.0 Å². The van der Waals surface area contributed by atoms with E-state index >= 15 is 0 Å². The van der Waals surface area contributed by atoms with Crippen LogP contribution in [0.2, 0.25) is 0 Å². The molecular formula is C33H24N4O3. The first-order valence-corrected chi connectivity index (χ1v) is 12.7. The molecule has 0 spiro atoms. The van der Waals surface area contributed by atoms with Gasteiger partial charge in [-0.05, 0) is 72.3 Å². The van der Waals surface area contributed by atoms with Crippen molar-refractivity contribution in [3.8, 4) is 22.9 Å². The van der Waals surface area contributed by atoms with E-state index in [2.05, 4.69) is 10.3 Å². The van der Waals surface area contributed by atoms with Gasteiger partial charge in [0.15, 0.2) is 0 Å². The molecule has 7 heteroatoms. The van der Waals surface area contributed by atoms with Crippen LogP contribution in [-0.4, -0.2) is 20.0 Å². The van der Waals surface area contributed by atoms with Gasteiger partial charge >= 0.3 is 5.69 Å². The molecule has 0 radical (unpaired) electrons. The van der Waals surface area contributed by atoms with E-state index in [-0.39, 0.29) is 11.6 Å². The van der Waals surface area contributed by atoms with Gasteiger partial charge in [-0.3, -0.25) is 18.9 Å². The largest absolute Gasteiger partial charge is 0.457 e. The zero-order valence-electron chi connectivity index (χ0n) is 21.3. The standard InChI is InChI=1S/C33H24N4O3/c38-32(19-14-24-8-3-1-4-9-24)35-25-10-7-11-27(22-25)37-30-20-21-34-23-31(30)36(33(37)39)26-15-17-29(18-16-26)40-28-12-5-2-6-13-28/h1-23H,(H,35,38). The predicted octanol–water partition coefficient (Wildman–Crippen LogP) is 6.62. The molecule has 0 unspecified atom stereocenters. The molecule has 40 heavy (non-hydrogen) atoms. The van der Waals surface area contributed by atoms with Crippen LogP contribution in [0.15, 0.2) is 139 Å². The summed E-state index contributed by atoms with van der Waals surface area (Å²) in [6.07, 6.45) is 6.55. The van der Waals surface area contributed by atoms with Crippen LogP contribution in [0.3, 0.4) is 0 Å². The number of carbonyl (C=O) groups excluding carboxylic acids is 1. The van der Waals surface area contributed by atoms with Crippen molar-refractivity contribution in [1.29, 1.82) is 0 Å². The second kappa shape index (κ2) is 11.0. The predicted molar refractivity (Wildman–Crippen MR) is 157 cm³/mol. The van der Waals surface area contributed by atoms with Gasteiger partial charge in [-0.15, -0.1) is 0 Å². The van der Waals surface area contributed by atoms with E-state index in [9.17, 15) is 9.59 Å². The number of hydrogen-bond donors (Lipinski definition) is 1. The van der Waals surface area contributed by atoms with Crippen molar-refractivity contribution >= 4 is 28.7 Å². The number of pyridine rings is 1. The highest BCUT2D eigenvalue weighted by molar-refractivity contribution is 6.02. The number of para-hydroxylation sites is 1. The van der Waals surface area contributed by atoms with Gasteiger partial charge in [0.25, 0.3) is 0 Å². The molecule has 0 fully saturated rings. The van der Waals surface area contributed by atoms with E-state index < -0.39 is 0 Å². The Kier molecular flexibility index (Phi) is 6.75. The third kappa shape index (κ3) is 5.16. The number of nitrogens with zero attached hydrogens (tertiary/aromatic N) is 3. The quantitative estimate of drug-likeness (QED) is 0.238. The molecule has 0 bridgehead atoms. The average molecular weight is 525 g/mol. The summed E-state index contributed by atoms with van der Waals surface area (Å²) < 4.78 is 9.13. The van der Waals surface area contributed by atoms with Crippen molar-refractivity contribution in [2.75, 3.05) is 5.32 Å². The summed E-state index contributed by atoms with van der Waals surface area (Å²) in [5.74, 6) is 1.13. The van der Waals surface area contributed by atoms with Crippen molar-refractivity contribution in [2.24, 2.45) is 0 Å². The molecule has 2 heterocycles. The SMILES string of the molecule is O=C(C=Cc1ccccc1)Nc1cccc(-n2c(=O)n(-c3ccc(Oc4ccccc4)cc3)c3cnccc32)c1. The lowest BCUT2D eigenvalue weighted by molar-refractivity contribution is -0.111. The van der Waals surface area contributed by atoms with E-state index in [4.69, 9.17) is 4.74 Å². The maximum Gasteiger partial charge on any atom is 0.338 e. The molecule has 194 valence electrons. The first-order chi connectivity index (χ1) is 19.7. The smallest absolute Gasteiger partial charge is 0.338 e. The number of nitrogens with one attached hydrogen (secondary N) is 1. The van der Waals surface area contributed by atoms with E-state index in [0.29, 0.717) is 33.8 Å². The van der Waals surface area contributed by atoms with Crippen LogP contribution in [0.4, 0.5) is 5.69 Å². The number of amides is 1.